The number of carbonyl (C=O) groups is 1. The van der Waals surface area contributed by atoms with Crippen molar-refractivity contribution >= 4 is 29.3 Å². The molecule has 1 aromatic carbocycles. The SMILES string of the molecule is O=C(c1c(F)cccc1Cl)N1CC2CC1CS2. The van der Waals surface area contributed by atoms with Crippen LogP contribution >= 0.6 is 23.4 Å². The molecule has 2 aliphatic heterocycles. The normalized spacial score (nSPS) is 26.6. The Kier molecular flexibility index (Phi) is 2.79. The number of hydrogen-bond acceptors (Lipinski definition) is 2. The highest BCUT2D eigenvalue weighted by Gasteiger charge is 2.42. The number of carbonyl (C=O) groups excluding carboxylic acids is 1. The third-order valence-electron chi connectivity index (χ3n) is 3.34. The molecule has 2 aliphatic rings. The Balaban J connectivity index is 1.92. The van der Waals surface area contributed by atoms with Crippen LogP contribution in [0.5, 0.6) is 0 Å². The van der Waals surface area contributed by atoms with E-state index < -0.39 is 5.82 Å². The first kappa shape index (κ1) is 11.4. The molecule has 1 aromatic rings. The Bertz CT molecular complexity index is 461. The average molecular weight is 272 g/mol. The minimum Gasteiger partial charge on any atom is -0.334 e. The van der Waals surface area contributed by atoms with Gasteiger partial charge in [0.15, 0.2) is 0 Å². The number of benzene rings is 1. The zero-order chi connectivity index (χ0) is 12.0. The Labute approximate surface area is 108 Å². The molecule has 2 unspecified atom stereocenters. The van der Waals surface area contributed by atoms with Crippen molar-refractivity contribution in [2.24, 2.45) is 0 Å². The highest BCUT2D eigenvalue weighted by molar-refractivity contribution is 8.00. The lowest BCUT2D eigenvalue weighted by Crippen LogP contribution is -2.39. The van der Waals surface area contributed by atoms with E-state index in [9.17, 15) is 9.18 Å². The monoisotopic (exact) mass is 271 g/mol. The largest absolute Gasteiger partial charge is 0.334 e. The summed E-state index contributed by atoms with van der Waals surface area (Å²) >= 11 is 7.81. The minimum absolute atomic E-state index is 0.0201. The number of rotatable bonds is 1. The van der Waals surface area contributed by atoms with E-state index in [0.29, 0.717) is 5.25 Å². The molecule has 2 bridgehead atoms. The standard InChI is InChI=1S/C12H11ClFNOS/c13-9-2-1-3-10(14)11(9)12(16)15-5-8-4-7(15)6-17-8/h1-3,7-8H,4-6H2. The van der Waals surface area contributed by atoms with Crippen molar-refractivity contribution in [1.82, 2.24) is 4.90 Å². The first-order chi connectivity index (χ1) is 8.16. The molecule has 1 amide bonds. The van der Waals surface area contributed by atoms with E-state index >= 15 is 0 Å². The van der Waals surface area contributed by atoms with Crippen LogP contribution in [0.3, 0.4) is 0 Å². The maximum absolute atomic E-state index is 13.7. The second-order valence-corrected chi connectivity index (χ2v) is 6.14. The number of fused-ring (bicyclic) bond motifs is 2. The number of hydrogen-bond donors (Lipinski definition) is 0. The lowest BCUT2D eigenvalue weighted by Gasteiger charge is -2.27. The summed E-state index contributed by atoms with van der Waals surface area (Å²) in [4.78, 5) is 14.0. The predicted molar refractivity (Wildman–Crippen MR) is 67.1 cm³/mol. The fourth-order valence-corrected chi connectivity index (χ4v) is 4.17. The summed E-state index contributed by atoms with van der Waals surface area (Å²) in [6.45, 7) is 0.721. The number of likely N-dealkylation sites (tertiary alicyclic amines) is 1. The molecule has 2 heterocycles. The summed E-state index contributed by atoms with van der Waals surface area (Å²) in [5.41, 5.74) is 0.0201. The minimum atomic E-state index is -0.530. The third-order valence-corrected chi connectivity index (χ3v) is 5.04. The first-order valence-corrected chi connectivity index (χ1v) is 6.96. The van der Waals surface area contributed by atoms with Crippen molar-refractivity contribution < 1.29 is 9.18 Å². The topological polar surface area (TPSA) is 20.3 Å². The van der Waals surface area contributed by atoms with Gasteiger partial charge in [0, 0.05) is 23.6 Å². The number of amides is 1. The lowest BCUT2D eigenvalue weighted by atomic mass is 10.1. The molecule has 90 valence electrons. The van der Waals surface area contributed by atoms with Gasteiger partial charge >= 0.3 is 0 Å². The zero-order valence-electron chi connectivity index (χ0n) is 9.03. The van der Waals surface area contributed by atoms with Crippen molar-refractivity contribution in [3.8, 4) is 0 Å². The Hall–Kier alpha value is -0.740. The van der Waals surface area contributed by atoms with Gasteiger partial charge in [0.1, 0.15) is 5.82 Å². The molecule has 2 fully saturated rings. The molecule has 17 heavy (non-hydrogen) atoms. The van der Waals surface area contributed by atoms with Crippen LogP contribution in [-0.2, 0) is 0 Å². The molecule has 0 N–H and O–H groups in total. The van der Waals surface area contributed by atoms with Crippen molar-refractivity contribution in [2.45, 2.75) is 17.7 Å². The Morgan fingerprint density at radius 3 is 2.94 bits per heavy atom. The van der Waals surface area contributed by atoms with Crippen molar-refractivity contribution in [3.63, 3.8) is 0 Å². The van der Waals surface area contributed by atoms with Crippen LogP contribution in [0.4, 0.5) is 4.39 Å². The van der Waals surface area contributed by atoms with Gasteiger partial charge in [0.2, 0.25) is 0 Å². The van der Waals surface area contributed by atoms with E-state index in [1.807, 2.05) is 11.8 Å². The summed E-state index contributed by atoms with van der Waals surface area (Å²) < 4.78 is 13.7. The molecule has 0 aromatic heterocycles. The molecule has 2 saturated heterocycles. The van der Waals surface area contributed by atoms with Gasteiger partial charge in [-0.3, -0.25) is 4.79 Å². The van der Waals surface area contributed by atoms with E-state index in [1.165, 1.54) is 12.1 Å². The van der Waals surface area contributed by atoms with Crippen LogP contribution in [0.15, 0.2) is 18.2 Å². The van der Waals surface area contributed by atoms with Gasteiger partial charge in [0.05, 0.1) is 10.6 Å². The number of thioether (sulfide) groups is 1. The Morgan fingerprint density at radius 2 is 2.35 bits per heavy atom. The molecule has 3 rings (SSSR count). The quantitative estimate of drug-likeness (QED) is 0.783. The molecule has 0 aliphatic carbocycles. The van der Waals surface area contributed by atoms with Gasteiger partial charge in [-0.25, -0.2) is 4.39 Å². The molecule has 0 radical (unpaired) electrons. The second-order valence-electron chi connectivity index (χ2n) is 4.40. The smallest absolute Gasteiger partial charge is 0.258 e. The molecule has 5 heteroatoms. The van der Waals surface area contributed by atoms with Crippen molar-refractivity contribution in [2.75, 3.05) is 12.3 Å². The average Bonchev–Trinajstić information content (AvgIpc) is 2.90. The van der Waals surface area contributed by atoms with E-state index in [1.54, 1.807) is 11.0 Å². The molecule has 0 saturated carbocycles. The summed E-state index contributed by atoms with van der Waals surface area (Å²) in [6.07, 6.45) is 1.03. The maximum Gasteiger partial charge on any atom is 0.258 e. The predicted octanol–water partition coefficient (Wildman–Crippen LogP) is 2.81. The molecule has 0 spiro atoms. The number of nitrogens with zero attached hydrogens (tertiary/aromatic N) is 1. The highest BCUT2D eigenvalue weighted by atomic mass is 35.5. The number of halogens is 2. The van der Waals surface area contributed by atoms with Gasteiger partial charge in [-0.1, -0.05) is 17.7 Å². The van der Waals surface area contributed by atoms with E-state index in [4.69, 9.17) is 11.6 Å². The van der Waals surface area contributed by atoms with Crippen molar-refractivity contribution in [3.05, 3.63) is 34.6 Å². The van der Waals surface area contributed by atoms with Gasteiger partial charge in [0.25, 0.3) is 5.91 Å². The van der Waals surface area contributed by atoms with Crippen LogP contribution in [-0.4, -0.2) is 34.4 Å². The fraction of sp³-hybridized carbons (Fsp3) is 0.417. The van der Waals surface area contributed by atoms with Crippen molar-refractivity contribution in [1.29, 1.82) is 0 Å². The lowest BCUT2D eigenvalue weighted by molar-refractivity contribution is 0.0743. The molecule has 2 atom stereocenters. The summed E-state index contributed by atoms with van der Waals surface area (Å²) in [7, 11) is 0. The van der Waals surface area contributed by atoms with Gasteiger partial charge in [-0.15, -0.1) is 0 Å². The van der Waals surface area contributed by atoms with Crippen LogP contribution in [0, 0.1) is 5.82 Å². The zero-order valence-corrected chi connectivity index (χ0v) is 10.6. The molecular formula is C12H11ClFNOS. The maximum atomic E-state index is 13.7. The summed E-state index contributed by atoms with van der Waals surface area (Å²) in [6, 6.07) is 4.61. The van der Waals surface area contributed by atoms with E-state index in [-0.39, 0.29) is 22.5 Å². The second kappa shape index (κ2) is 4.18. The van der Waals surface area contributed by atoms with Gasteiger partial charge in [-0.05, 0) is 18.6 Å². The van der Waals surface area contributed by atoms with Crippen LogP contribution in [0.2, 0.25) is 5.02 Å². The van der Waals surface area contributed by atoms with Gasteiger partial charge < -0.3 is 4.90 Å². The third kappa shape index (κ3) is 1.83. The van der Waals surface area contributed by atoms with Crippen LogP contribution in [0.25, 0.3) is 0 Å². The molecule has 2 nitrogen and oxygen atoms in total. The summed E-state index contributed by atoms with van der Waals surface area (Å²) in [5, 5.41) is 0.722. The first-order valence-electron chi connectivity index (χ1n) is 5.53. The van der Waals surface area contributed by atoms with Crippen LogP contribution in [0.1, 0.15) is 16.8 Å². The van der Waals surface area contributed by atoms with Crippen LogP contribution < -0.4 is 0 Å². The highest BCUT2D eigenvalue weighted by Crippen LogP contribution is 2.38. The Morgan fingerprint density at radius 1 is 1.53 bits per heavy atom. The van der Waals surface area contributed by atoms with Gasteiger partial charge in [-0.2, -0.15) is 11.8 Å². The fourth-order valence-electron chi connectivity index (χ4n) is 2.49. The van der Waals surface area contributed by atoms with E-state index in [2.05, 4.69) is 0 Å². The molecular weight excluding hydrogens is 261 g/mol. The summed E-state index contributed by atoms with van der Waals surface area (Å²) in [5.74, 6) is 0.168. The van der Waals surface area contributed by atoms with E-state index in [0.717, 1.165) is 18.7 Å².